The van der Waals surface area contributed by atoms with Gasteiger partial charge in [0.1, 0.15) is 17.6 Å². The molecule has 0 amide bonds. The summed E-state index contributed by atoms with van der Waals surface area (Å²) >= 11 is 0. The molecular weight excluding hydrogens is 259 g/mol. The molecule has 0 saturated carbocycles. The number of hydrogen-bond acceptors (Lipinski definition) is 3. The van der Waals surface area contributed by atoms with Gasteiger partial charge in [0.15, 0.2) is 5.69 Å². The van der Waals surface area contributed by atoms with Crippen molar-refractivity contribution in [3.8, 4) is 11.8 Å². The van der Waals surface area contributed by atoms with Crippen molar-refractivity contribution in [2.45, 2.75) is 0 Å². The highest BCUT2D eigenvalue weighted by molar-refractivity contribution is 6.07. The Morgan fingerprint density at radius 3 is 2.85 bits per heavy atom. The van der Waals surface area contributed by atoms with Crippen molar-refractivity contribution in [1.82, 2.24) is 25.0 Å². The predicted octanol–water partition coefficient (Wildman–Crippen LogP) is 2.24. The molecule has 20 heavy (non-hydrogen) atoms. The van der Waals surface area contributed by atoms with Gasteiger partial charge in [-0.2, -0.15) is 15.5 Å². The summed E-state index contributed by atoms with van der Waals surface area (Å²) in [7, 11) is 0. The number of halogens is 1. The summed E-state index contributed by atoms with van der Waals surface area (Å²) in [5, 5.41) is 23.2. The first-order chi connectivity index (χ1) is 9.79. The van der Waals surface area contributed by atoms with Crippen LogP contribution < -0.4 is 0 Å². The minimum absolute atomic E-state index is 0.321. The molecule has 0 radical (unpaired) electrons. The van der Waals surface area contributed by atoms with Gasteiger partial charge in [0.2, 0.25) is 0 Å². The smallest absolute Gasteiger partial charge is 0.159 e. The van der Waals surface area contributed by atoms with Crippen LogP contribution in [0.3, 0.4) is 0 Å². The van der Waals surface area contributed by atoms with E-state index in [2.05, 4.69) is 26.5 Å². The maximum Gasteiger partial charge on any atom is 0.159 e. The zero-order valence-electron chi connectivity index (χ0n) is 10.1. The topological polar surface area (TPSA) is 86.1 Å². The molecule has 4 aromatic rings. The number of aromatic nitrogens is 5. The first-order valence-electron chi connectivity index (χ1n) is 5.86. The molecule has 0 aliphatic heterocycles. The second-order valence-electron chi connectivity index (χ2n) is 4.37. The van der Waals surface area contributed by atoms with Crippen LogP contribution in [0.15, 0.2) is 30.6 Å². The Hall–Kier alpha value is -3.14. The molecule has 7 heteroatoms. The molecular formula is C13H7FN6. The zero-order valence-corrected chi connectivity index (χ0v) is 10.1. The number of fused-ring (bicyclic) bond motifs is 3. The lowest BCUT2D eigenvalue weighted by Gasteiger charge is -2.03. The molecule has 0 saturated heterocycles. The lowest BCUT2D eigenvalue weighted by Crippen LogP contribution is -1.94. The van der Waals surface area contributed by atoms with Gasteiger partial charge in [0.05, 0.1) is 28.9 Å². The average Bonchev–Trinajstić information content (AvgIpc) is 3.13. The van der Waals surface area contributed by atoms with E-state index in [1.807, 2.05) is 4.57 Å². The number of aromatic amines is 2. The van der Waals surface area contributed by atoms with Gasteiger partial charge in [-0.1, -0.05) is 0 Å². The maximum atomic E-state index is 13.5. The Morgan fingerprint density at radius 1 is 1.15 bits per heavy atom. The first-order valence-corrected chi connectivity index (χ1v) is 5.86. The molecule has 0 aliphatic carbocycles. The van der Waals surface area contributed by atoms with Gasteiger partial charge in [-0.3, -0.25) is 10.2 Å². The van der Waals surface area contributed by atoms with E-state index in [4.69, 9.17) is 5.26 Å². The van der Waals surface area contributed by atoms with Crippen LogP contribution >= 0.6 is 0 Å². The number of nitrogens with zero attached hydrogens (tertiary/aromatic N) is 4. The van der Waals surface area contributed by atoms with E-state index >= 15 is 0 Å². The average molecular weight is 266 g/mol. The summed E-state index contributed by atoms with van der Waals surface area (Å²) in [6.07, 6.45) is 3.20. The fourth-order valence-corrected chi connectivity index (χ4v) is 2.47. The van der Waals surface area contributed by atoms with Crippen LogP contribution in [0.5, 0.6) is 0 Å². The van der Waals surface area contributed by atoms with Gasteiger partial charge in [-0.25, -0.2) is 4.39 Å². The molecule has 0 spiro atoms. The largest absolute Gasteiger partial charge is 0.302 e. The fraction of sp³-hybridized carbons (Fsp3) is 0. The fourth-order valence-electron chi connectivity index (χ4n) is 2.47. The third-order valence-electron chi connectivity index (χ3n) is 3.30. The molecule has 2 N–H and O–H groups in total. The summed E-state index contributed by atoms with van der Waals surface area (Å²) in [6.45, 7) is 0. The van der Waals surface area contributed by atoms with Crippen LogP contribution in [0, 0.1) is 17.1 Å². The number of nitriles is 1. The second kappa shape index (κ2) is 3.68. The number of H-pyrrole nitrogens is 2. The SMILES string of the molecule is N#Cc1[nH]ncc1-n1c2ccc(F)cc2c2[nH]ncc21. The summed E-state index contributed by atoms with van der Waals surface area (Å²) in [6, 6.07) is 6.56. The first kappa shape index (κ1) is 10.8. The molecule has 0 fully saturated rings. The normalized spacial score (nSPS) is 11.2. The monoisotopic (exact) mass is 266 g/mol. The van der Waals surface area contributed by atoms with Crippen molar-refractivity contribution in [3.63, 3.8) is 0 Å². The molecule has 3 aromatic heterocycles. The molecule has 0 unspecified atom stereocenters. The van der Waals surface area contributed by atoms with E-state index in [9.17, 15) is 4.39 Å². The van der Waals surface area contributed by atoms with E-state index in [1.54, 1.807) is 18.5 Å². The molecule has 96 valence electrons. The van der Waals surface area contributed by atoms with Gasteiger partial charge in [-0.15, -0.1) is 0 Å². The van der Waals surface area contributed by atoms with Gasteiger partial charge in [0.25, 0.3) is 0 Å². The van der Waals surface area contributed by atoms with E-state index < -0.39 is 0 Å². The van der Waals surface area contributed by atoms with Gasteiger partial charge < -0.3 is 4.57 Å². The number of rotatable bonds is 1. The predicted molar refractivity (Wildman–Crippen MR) is 69.7 cm³/mol. The summed E-state index contributed by atoms with van der Waals surface area (Å²) in [4.78, 5) is 0. The highest BCUT2D eigenvalue weighted by Gasteiger charge is 2.17. The maximum absolute atomic E-state index is 13.5. The molecule has 6 nitrogen and oxygen atoms in total. The van der Waals surface area contributed by atoms with Crippen molar-refractivity contribution < 1.29 is 4.39 Å². The minimum Gasteiger partial charge on any atom is -0.302 e. The van der Waals surface area contributed by atoms with Crippen LogP contribution in [0.2, 0.25) is 0 Å². The highest BCUT2D eigenvalue weighted by Crippen LogP contribution is 2.31. The lowest BCUT2D eigenvalue weighted by atomic mass is 10.2. The van der Waals surface area contributed by atoms with Gasteiger partial charge >= 0.3 is 0 Å². The highest BCUT2D eigenvalue weighted by atomic mass is 19.1. The Kier molecular flexibility index (Phi) is 1.98. The van der Waals surface area contributed by atoms with Crippen molar-refractivity contribution >= 4 is 21.9 Å². The molecule has 0 atom stereocenters. The molecule has 3 heterocycles. The summed E-state index contributed by atoms with van der Waals surface area (Å²) in [5.74, 6) is -0.321. The summed E-state index contributed by atoms with van der Waals surface area (Å²) < 4.78 is 15.3. The molecule has 0 bridgehead atoms. The Labute approximate surface area is 111 Å². The van der Waals surface area contributed by atoms with Crippen LogP contribution in [-0.4, -0.2) is 25.0 Å². The van der Waals surface area contributed by atoms with Crippen LogP contribution in [-0.2, 0) is 0 Å². The third kappa shape index (κ3) is 1.25. The minimum atomic E-state index is -0.321. The van der Waals surface area contributed by atoms with Crippen molar-refractivity contribution in [2.24, 2.45) is 0 Å². The third-order valence-corrected chi connectivity index (χ3v) is 3.30. The molecule has 1 aromatic carbocycles. The number of hydrogen-bond donors (Lipinski definition) is 2. The van der Waals surface area contributed by atoms with Crippen LogP contribution in [0.4, 0.5) is 4.39 Å². The van der Waals surface area contributed by atoms with Crippen molar-refractivity contribution in [2.75, 3.05) is 0 Å². The lowest BCUT2D eigenvalue weighted by molar-refractivity contribution is 0.629. The quantitative estimate of drug-likeness (QED) is 0.554. The zero-order chi connectivity index (χ0) is 13.7. The molecule has 4 rings (SSSR count). The van der Waals surface area contributed by atoms with Gasteiger partial charge in [-0.05, 0) is 18.2 Å². The number of nitrogens with one attached hydrogen (secondary N) is 2. The Bertz CT molecular complexity index is 983. The van der Waals surface area contributed by atoms with Gasteiger partial charge in [0, 0.05) is 5.39 Å². The Balaban J connectivity index is 2.22. The van der Waals surface area contributed by atoms with E-state index in [-0.39, 0.29) is 5.82 Å². The van der Waals surface area contributed by atoms with Crippen molar-refractivity contribution in [1.29, 1.82) is 5.26 Å². The van der Waals surface area contributed by atoms with Crippen LogP contribution in [0.25, 0.3) is 27.6 Å². The van der Waals surface area contributed by atoms with E-state index in [0.29, 0.717) is 16.8 Å². The van der Waals surface area contributed by atoms with Crippen molar-refractivity contribution in [3.05, 3.63) is 42.1 Å². The Morgan fingerprint density at radius 2 is 2.00 bits per heavy atom. The molecule has 0 aliphatic rings. The summed E-state index contributed by atoms with van der Waals surface area (Å²) in [5.41, 5.74) is 3.23. The standard InChI is InChI=1S/C13H7FN6/c14-7-1-2-10-8(3-7)13-12(6-17-19-13)20(10)11-5-16-18-9(11)4-15/h1-3,5-6H,(H,16,18)(H,17,19). The number of benzene rings is 1. The van der Waals surface area contributed by atoms with E-state index in [1.165, 1.54) is 12.1 Å². The van der Waals surface area contributed by atoms with Crippen LogP contribution in [0.1, 0.15) is 5.69 Å². The second-order valence-corrected chi connectivity index (χ2v) is 4.37. The van der Waals surface area contributed by atoms with E-state index in [0.717, 1.165) is 16.6 Å².